The average Bonchev–Trinajstić information content (AvgIpc) is 3.60. The van der Waals surface area contributed by atoms with Gasteiger partial charge in [0, 0.05) is 22.0 Å². The maximum atomic E-state index is 5.59. The van der Waals surface area contributed by atoms with Crippen molar-refractivity contribution in [2.24, 2.45) is 0 Å². The summed E-state index contributed by atoms with van der Waals surface area (Å²) in [5.41, 5.74) is 19.6. The van der Waals surface area contributed by atoms with E-state index < -0.39 is 8.07 Å². The van der Waals surface area contributed by atoms with E-state index in [1.54, 1.807) is 0 Å². The summed E-state index contributed by atoms with van der Waals surface area (Å²) in [5, 5.41) is 2.60. The van der Waals surface area contributed by atoms with Crippen molar-refractivity contribution in [3.8, 4) is 101 Å². The monoisotopic (exact) mass is 820 g/mol. The predicted molar refractivity (Wildman–Crippen MR) is 268 cm³/mol. The van der Waals surface area contributed by atoms with Gasteiger partial charge in [0.15, 0.2) is 5.82 Å². The van der Waals surface area contributed by atoms with Crippen LogP contribution in [-0.4, -0.2) is 18.0 Å². The molecule has 0 radical (unpaired) electrons. The van der Waals surface area contributed by atoms with Gasteiger partial charge in [-0.15, -0.1) is 0 Å². The van der Waals surface area contributed by atoms with Crippen molar-refractivity contribution in [1.29, 1.82) is 0 Å². The van der Waals surface area contributed by atoms with Crippen molar-refractivity contribution >= 4 is 18.6 Å². The first-order valence-corrected chi connectivity index (χ1v) is 24.7. The molecule has 3 heteroatoms. The van der Waals surface area contributed by atoms with Crippen LogP contribution in [0.5, 0.6) is 0 Å². The molecule has 10 aromatic rings. The van der Waals surface area contributed by atoms with Crippen molar-refractivity contribution in [2.75, 3.05) is 0 Å². The van der Waals surface area contributed by atoms with Gasteiger partial charge in [0.05, 0.1) is 5.69 Å². The molecule has 0 fully saturated rings. The predicted octanol–water partition coefficient (Wildman–Crippen LogP) is 14.6. The highest BCUT2D eigenvalue weighted by Crippen LogP contribution is 2.40. The Morgan fingerprint density at radius 1 is 0.286 bits per heavy atom. The molecule has 298 valence electrons. The maximum Gasteiger partial charge on any atom is 0.159 e. The van der Waals surface area contributed by atoms with Crippen LogP contribution < -0.4 is 10.5 Å². The number of hydrogen-bond donors (Lipinski definition) is 0. The molecule has 0 N–H and O–H groups in total. The van der Waals surface area contributed by atoms with Gasteiger partial charge in [-0.1, -0.05) is 195 Å². The minimum Gasteiger partial charge on any atom is -0.237 e. The van der Waals surface area contributed by atoms with Crippen LogP contribution in [0.3, 0.4) is 0 Å². The summed E-state index contributed by atoms with van der Waals surface area (Å²) in [5.74, 6) is 0.754. The lowest BCUT2D eigenvalue weighted by Crippen LogP contribution is -2.50. The molecule has 0 unspecified atom stereocenters. The van der Waals surface area contributed by atoms with Crippen LogP contribution in [0.25, 0.3) is 101 Å². The molecule has 1 aliphatic heterocycles. The SMILES string of the molecule is C[Si]1(C)c2ccccc2-c2c(-c3cccc(-c4cc(-c5ccccc5)cc(-c5ccccc5)c4)c3)nc(-c3cccc(-c4cc(-c5ccccc5)cc(-c5ccccc5)c4)c3)nc21. The molecule has 0 saturated carbocycles. The van der Waals surface area contributed by atoms with E-state index in [9.17, 15) is 0 Å². The minimum absolute atomic E-state index is 0.754. The molecular formula is C60H44N2Si. The van der Waals surface area contributed by atoms with E-state index in [1.807, 2.05) is 0 Å². The topological polar surface area (TPSA) is 25.8 Å². The van der Waals surface area contributed by atoms with Gasteiger partial charge in [0.2, 0.25) is 0 Å². The lowest BCUT2D eigenvalue weighted by atomic mass is 9.92. The number of nitrogens with zero attached hydrogens (tertiary/aromatic N) is 2. The molecule has 0 saturated heterocycles. The Morgan fingerprint density at radius 2 is 0.619 bits per heavy atom. The Bertz CT molecular complexity index is 3170. The molecule has 9 aromatic carbocycles. The molecule has 11 rings (SSSR count). The third-order valence-electron chi connectivity index (χ3n) is 12.6. The fourth-order valence-corrected chi connectivity index (χ4v) is 12.3. The highest BCUT2D eigenvalue weighted by Gasteiger charge is 2.41. The lowest BCUT2D eigenvalue weighted by Gasteiger charge is -2.19. The Morgan fingerprint density at radius 3 is 1.08 bits per heavy atom. The largest absolute Gasteiger partial charge is 0.237 e. The van der Waals surface area contributed by atoms with Crippen molar-refractivity contribution < 1.29 is 0 Å². The second-order valence-electron chi connectivity index (χ2n) is 17.0. The average molecular weight is 821 g/mol. The second-order valence-corrected chi connectivity index (χ2v) is 21.3. The van der Waals surface area contributed by atoms with E-state index in [0.29, 0.717) is 0 Å². The Kier molecular flexibility index (Phi) is 9.68. The van der Waals surface area contributed by atoms with Gasteiger partial charge in [-0.3, -0.25) is 0 Å². The van der Waals surface area contributed by atoms with E-state index in [2.05, 4.69) is 244 Å². The molecule has 2 heterocycles. The molecule has 0 atom stereocenters. The van der Waals surface area contributed by atoms with E-state index in [4.69, 9.17) is 9.97 Å². The van der Waals surface area contributed by atoms with Crippen molar-refractivity contribution in [1.82, 2.24) is 9.97 Å². The number of benzene rings is 9. The molecule has 0 amide bonds. The molecule has 0 aliphatic carbocycles. The van der Waals surface area contributed by atoms with Gasteiger partial charge < -0.3 is 0 Å². The van der Waals surface area contributed by atoms with Crippen LogP contribution in [0.1, 0.15) is 0 Å². The standard InChI is InChI=1S/C60H44N2Si/c1-63(2)56-32-16-15-31-55(56)57-58(47-29-17-27-45(33-47)53-37-49(41-19-7-3-8-20-41)35-50(38-53)42-21-9-4-10-22-42)61-59(62-60(57)63)48-30-18-28-46(34-48)54-39-51(43-23-11-5-12-24-43)36-52(40-54)44-25-13-6-14-26-44/h3-40H,1-2H3. The maximum absolute atomic E-state index is 5.59. The normalized spacial score (nSPS) is 12.4. The highest BCUT2D eigenvalue weighted by atomic mass is 28.3. The van der Waals surface area contributed by atoms with E-state index in [-0.39, 0.29) is 0 Å². The minimum atomic E-state index is -2.20. The quantitative estimate of drug-likeness (QED) is 0.143. The number of aromatic nitrogens is 2. The van der Waals surface area contributed by atoms with Gasteiger partial charge in [0.1, 0.15) is 8.07 Å². The van der Waals surface area contributed by atoms with Gasteiger partial charge in [0.25, 0.3) is 0 Å². The third-order valence-corrected chi connectivity index (χ3v) is 15.9. The van der Waals surface area contributed by atoms with Crippen molar-refractivity contribution in [3.05, 3.63) is 231 Å². The van der Waals surface area contributed by atoms with Gasteiger partial charge >= 0.3 is 0 Å². The van der Waals surface area contributed by atoms with Crippen LogP contribution in [0.4, 0.5) is 0 Å². The summed E-state index contributed by atoms with van der Waals surface area (Å²) in [4.78, 5) is 11.2. The lowest BCUT2D eigenvalue weighted by molar-refractivity contribution is 1.21. The Hall–Kier alpha value is -7.72. The molecule has 2 nitrogen and oxygen atoms in total. The van der Waals surface area contributed by atoms with E-state index in [0.717, 1.165) is 39.3 Å². The van der Waals surface area contributed by atoms with Crippen LogP contribution in [0, 0.1) is 0 Å². The number of rotatable bonds is 8. The molecule has 0 bridgehead atoms. The summed E-state index contributed by atoms with van der Waals surface area (Å²) in [6.45, 7) is 4.87. The zero-order valence-electron chi connectivity index (χ0n) is 35.3. The second kappa shape index (κ2) is 16.0. The van der Waals surface area contributed by atoms with Crippen LogP contribution >= 0.6 is 0 Å². The van der Waals surface area contributed by atoms with Gasteiger partial charge in [-0.25, -0.2) is 9.97 Å². The van der Waals surface area contributed by atoms with Crippen molar-refractivity contribution in [3.63, 3.8) is 0 Å². The zero-order valence-corrected chi connectivity index (χ0v) is 36.3. The summed E-state index contributed by atoms with van der Waals surface area (Å²) in [6, 6.07) is 83.2. The smallest absolute Gasteiger partial charge is 0.159 e. The van der Waals surface area contributed by atoms with Crippen LogP contribution in [0.2, 0.25) is 13.1 Å². The summed E-state index contributed by atoms with van der Waals surface area (Å²) in [6.07, 6.45) is 0. The first-order chi connectivity index (χ1) is 31.0. The first kappa shape index (κ1) is 38.2. The van der Waals surface area contributed by atoms with Crippen LogP contribution in [0.15, 0.2) is 231 Å². The van der Waals surface area contributed by atoms with Gasteiger partial charge in [-0.2, -0.15) is 0 Å². The number of hydrogen-bond acceptors (Lipinski definition) is 2. The zero-order chi connectivity index (χ0) is 42.3. The fourth-order valence-electron chi connectivity index (χ4n) is 9.34. The molecular weight excluding hydrogens is 777 g/mol. The molecule has 1 aromatic heterocycles. The summed E-state index contributed by atoms with van der Waals surface area (Å²) in [7, 11) is -2.20. The highest BCUT2D eigenvalue weighted by molar-refractivity contribution is 7.03. The summed E-state index contributed by atoms with van der Waals surface area (Å²) >= 11 is 0. The summed E-state index contributed by atoms with van der Waals surface area (Å²) < 4.78 is 0. The number of fused-ring (bicyclic) bond motifs is 3. The van der Waals surface area contributed by atoms with Crippen LogP contribution in [-0.2, 0) is 0 Å². The fraction of sp³-hybridized carbons (Fsp3) is 0.0333. The molecule has 63 heavy (non-hydrogen) atoms. The van der Waals surface area contributed by atoms with E-state index in [1.165, 1.54) is 71.7 Å². The van der Waals surface area contributed by atoms with Crippen molar-refractivity contribution in [2.45, 2.75) is 13.1 Å². The molecule has 1 aliphatic rings. The molecule has 0 spiro atoms. The van der Waals surface area contributed by atoms with E-state index >= 15 is 0 Å². The third kappa shape index (κ3) is 7.23. The van der Waals surface area contributed by atoms with Gasteiger partial charge in [-0.05, 0) is 126 Å². The Balaban J connectivity index is 1.07. The first-order valence-electron chi connectivity index (χ1n) is 21.7. The Labute approximate surface area is 370 Å².